The number of rotatable bonds is 2. The first-order valence-corrected chi connectivity index (χ1v) is 5.18. The molecule has 14 heavy (non-hydrogen) atoms. The highest BCUT2D eigenvalue weighted by Gasteiger charge is 2.11. The van der Waals surface area contributed by atoms with E-state index in [9.17, 15) is 0 Å². The Kier molecular flexibility index (Phi) is 2.35. The second kappa shape index (κ2) is 3.51. The van der Waals surface area contributed by atoms with Crippen LogP contribution in [-0.2, 0) is 13.6 Å². The van der Waals surface area contributed by atoms with E-state index in [1.165, 1.54) is 0 Å². The van der Waals surface area contributed by atoms with Crippen LogP contribution in [0.3, 0.4) is 0 Å². The molecular formula is C9H12N4S. The fraction of sp³-hybridized carbons (Fsp3) is 0.333. The first-order chi connectivity index (χ1) is 6.72. The molecule has 74 valence electrons. The van der Waals surface area contributed by atoms with Crippen LogP contribution in [0.15, 0.2) is 12.4 Å². The molecule has 0 fully saturated rings. The smallest absolute Gasteiger partial charge is 0.168 e. The van der Waals surface area contributed by atoms with Gasteiger partial charge >= 0.3 is 0 Å². The van der Waals surface area contributed by atoms with E-state index in [0.717, 1.165) is 21.4 Å². The molecule has 0 aromatic carbocycles. The van der Waals surface area contributed by atoms with E-state index in [1.54, 1.807) is 17.5 Å². The van der Waals surface area contributed by atoms with Gasteiger partial charge in [-0.2, -0.15) is 0 Å². The molecule has 0 aliphatic rings. The van der Waals surface area contributed by atoms with Gasteiger partial charge in [0.1, 0.15) is 0 Å². The topological polar surface area (TPSA) is 56.7 Å². The number of nitrogens with zero attached hydrogens (tertiary/aromatic N) is 3. The first-order valence-electron chi connectivity index (χ1n) is 4.36. The second-order valence-electron chi connectivity index (χ2n) is 3.09. The SMILES string of the molecule is Cc1nc(-c2nccn2C)sc1CN. The van der Waals surface area contributed by atoms with E-state index < -0.39 is 0 Å². The maximum Gasteiger partial charge on any atom is 0.168 e. The third-order valence-corrected chi connectivity index (χ3v) is 3.27. The molecule has 5 heteroatoms. The minimum absolute atomic E-state index is 0.550. The predicted octanol–water partition coefficient (Wildman–Crippen LogP) is 1.31. The van der Waals surface area contributed by atoms with E-state index in [2.05, 4.69) is 9.97 Å². The van der Waals surface area contributed by atoms with Crippen LogP contribution in [-0.4, -0.2) is 14.5 Å². The van der Waals surface area contributed by atoms with Crippen LogP contribution in [0.2, 0.25) is 0 Å². The monoisotopic (exact) mass is 208 g/mol. The minimum atomic E-state index is 0.550. The van der Waals surface area contributed by atoms with E-state index >= 15 is 0 Å². The normalized spacial score (nSPS) is 10.8. The van der Waals surface area contributed by atoms with Gasteiger partial charge in [-0.25, -0.2) is 9.97 Å². The quantitative estimate of drug-likeness (QED) is 0.809. The summed E-state index contributed by atoms with van der Waals surface area (Å²) in [4.78, 5) is 9.81. The maximum absolute atomic E-state index is 5.60. The molecule has 0 amide bonds. The molecule has 0 saturated carbocycles. The highest BCUT2D eigenvalue weighted by Crippen LogP contribution is 2.25. The average Bonchev–Trinajstić information content (AvgIpc) is 2.71. The average molecular weight is 208 g/mol. The Balaban J connectivity index is 2.47. The molecule has 2 heterocycles. The summed E-state index contributed by atoms with van der Waals surface area (Å²) < 4.78 is 1.96. The summed E-state index contributed by atoms with van der Waals surface area (Å²) in [6, 6.07) is 0. The molecule has 0 bridgehead atoms. The lowest BCUT2D eigenvalue weighted by Crippen LogP contribution is -1.94. The number of aromatic nitrogens is 3. The van der Waals surface area contributed by atoms with Crippen molar-refractivity contribution in [2.45, 2.75) is 13.5 Å². The Morgan fingerprint density at radius 2 is 2.36 bits per heavy atom. The molecule has 0 atom stereocenters. The van der Waals surface area contributed by atoms with E-state index in [1.807, 2.05) is 24.7 Å². The van der Waals surface area contributed by atoms with E-state index in [4.69, 9.17) is 5.73 Å². The zero-order chi connectivity index (χ0) is 10.1. The van der Waals surface area contributed by atoms with E-state index in [-0.39, 0.29) is 0 Å². The summed E-state index contributed by atoms with van der Waals surface area (Å²) in [6.07, 6.45) is 3.68. The van der Waals surface area contributed by atoms with Gasteiger partial charge in [-0.15, -0.1) is 11.3 Å². The van der Waals surface area contributed by atoms with Crippen LogP contribution >= 0.6 is 11.3 Å². The fourth-order valence-electron chi connectivity index (χ4n) is 1.28. The van der Waals surface area contributed by atoms with Crippen LogP contribution in [0.5, 0.6) is 0 Å². The van der Waals surface area contributed by atoms with Crippen LogP contribution in [0.25, 0.3) is 10.8 Å². The van der Waals surface area contributed by atoms with Gasteiger partial charge in [0.25, 0.3) is 0 Å². The Morgan fingerprint density at radius 3 is 2.86 bits per heavy atom. The van der Waals surface area contributed by atoms with Crippen molar-refractivity contribution in [3.63, 3.8) is 0 Å². The van der Waals surface area contributed by atoms with E-state index in [0.29, 0.717) is 6.54 Å². The Morgan fingerprint density at radius 1 is 1.57 bits per heavy atom. The number of hydrogen-bond acceptors (Lipinski definition) is 4. The lowest BCUT2D eigenvalue weighted by molar-refractivity contribution is 0.921. The Labute approximate surface area is 86.4 Å². The van der Waals surface area contributed by atoms with Gasteiger partial charge in [0.2, 0.25) is 0 Å². The summed E-state index contributed by atoms with van der Waals surface area (Å²) in [5, 5.41) is 0.940. The first kappa shape index (κ1) is 9.36. The van der Waals surface area contributed by atoms with Crippen molar-refractivity contribution in [1.29, 1.82) is 0 Å². The zero-order valence-electron chi connectivity index (χ0n) is 8.19. The summed E-state index contributed by atoms with van der Waals surface area (Å²) in [6.45, 7) is 2.53. The highest BCUT2D eigenvalue weighted by molar-refractivity contribution is 7.15. The summed E-state index contributed by atoms with van der Waals surface area (Å²) in [5.74, 6) is 0.901. The molecule has 2 aromatic rings. The largest absolute Gasteiger partial charge is 0.332 e. The molecule has 2 aromatic heterocycles. The summed E-state index contributed by atoms with van der Waals surface area (Å²) >= 11 is 1.61. The number of aryl methyl sites for hydroxylation is 2. The van der Waals surface area contributed by atoms with Gasteiger partial charge < -0.3 is 10.3 Å². The summed E-state index contributed by atoms with van der Waals surface area (Å²) in [5.41, 5.74) is 6.61. The summed E-state index contributed by atoms with van der Waals surface area (Å²) in [7, 11) is 1.96. The number of nitrogens with two attached hydrogens (primary N) is 1. The van der Waals surface area contributed by atoms with Crippen LogP contribution < -0.4 is 5.73 Å². The third kappa shape index (κ3) is 1.44. The number of hydrogen-bond donors (Lipinski definition) is 1. The van der Waals surface area contributed by atoms with Gasteiger partial charge in [-0.3, -0.25) is 0 Å². The van der Waals surface area contributed by atoms with Crippen molar-refractivity contribution in [1.82, 2.24) is 14.5 Å². The highest BCUT2D eigenvalue weighted by atomic mass is 32.1. The lowest BCUT2D eigenvalue weighted by Gasteiger charge is -1.94. The van der Waals surface area contributed by atoms with Crippen molar-refractivity contribution in [2.24, 2.45) is 12.8 Å². The molecule has 0 unspecified atom stereocenters. The molecule has 2 rings (SSSR count). The van der Waals surface area contributed by atoms with Crippen molar-refractivity contribution in [2.75, 3.05) is 0 Å². The van der Waals surface area contributed by atoms with Crippen LogP contribution in [0.1, 0.15) is 10.6 Å². The minimum Gasteiger partial charge on any atom is -0.332 e. The van der Waals surface area contributed by atoms with Crippen molar-refractivity contribution in [3.05, 3.63) is 23.0 Å². The standard InChI is InChI=1S/C9H12N4S/c1-6-7(5-10)14-9(12-6)8-11-3-4-13(8)2/h3-4H,5,10H2,1-2H3. The predicted molar refractivity (Wildman–Crippen MR) is 56.9 cm³/mol. The van der Waals surface area contributed by atoms with Gasteiger partial charge in [0.05, 0.1) is 5.69 Å². The van der Waals surface area contributed by atoms with Crippen LogP contribution in [0, 0.1) is 6.92 Å². The third-order valence-electron chi connectivity index (χ3n) is 2.09. The van der Waals surface area contributed by atoms with Gasteiger partial charge in [0.15, 0.2) is 10.8 Å². The second-order valence-corrected chi connectivity index (χ2v) is 4.18. The van der Waals surface area contributed by atoms with Gasteiger partial charge in [-0.1, -0.05) is 0 Å². The number of imidazole rings is 1. The van der Waals surface area contributed by atoms with Gasteiger partial charge in [0, 0.05) is 30.9 Å². The molecule has 4 nitrogen and oxygen atoms in total. The molecule has 0 saturated heterocycles. The van der Waals surface area contributed by atoms with Crippen LogP contribution in [0.4, 0.5) is 0 Å². The molecule has 0 aliphatic heterocycles. The van der Waals surface area contributed by atoms with Crippen molar-refractivity contribution in [3.8, 4) is 10.8 Å². The van der Waals surface area contributed by atoms with Crippen molar-refractivity contribution >= 4 is 11.3 Å². The Bertz CT molecular complexity index is 443. The Hall–Kier alpha value is -1.20. The molecular weight excluding hydrogens is 196 g/mol. The molecule has 0 aliphatic carbocycles. The maximum atomic E-state index is 5.60. The molecule has 0 radical (unpaired) electrons. The molecule has 0 spiro atoms. The van der Waals surface area contributed by atoms with Crippen molar-refractivity contribution < 1.29 is 0 Å². The number of thiazole rings is 1. The zero-order valence-corrected chi connectivity index (χ0v) is 9.01. The van der Waals surface area contributed by atoms with Gasteiger partial charge in [-0.05, 0) is 6.92 Å². The lowest BCUT2D eigenvalue weighted by atomic mass is 10.4. The molecule has 2 N–H and O–H groups in total. The fourth-order valence-corrected chi connectivity index (χ4v) is 2.27.